The van der Waals surface area contributed by atoms with Crippen LogP contribution in [-0.4, -0.2) is 14.8 Å². The lowest BCUT2D eigenvalue weighted by Crippen LogP contribution is -2.03. The maximum atomic E-state index is 12.2. The van der Waals surface area contributed by atoms with E-state index in [9.17, 15) is 30.3 Å². The molecule has 0 N–H and O–H groups in total. The van der Waals surface area contributed by atoms with Crippen LogP contribution in [0.25, 0.3) is 64.6 Å². The molecule has 0 aliphatic heterocycles. The zero-order valence-electron chi connectivity index (χ0n) is 16.5. The molecule has 0 aromatic heterocycles. The van der Waals surface area contributed by atoms with Crippen LogP contribution in [0.1, 0.15) is 0 Å². The topological polar surface area (TPSA) is 129 Å². The number of hydrogen-bond acceptors (Lipinski definition) is 6. The monoisotopic (exact) mass is 435 g/mol. The third-order valence-electron chi connectivity index (χ3n) is 6.76. The Morgan fingerprint density at radius 3 is 1.42 bits per heavy atom. The lowest BCUT2D eigenvalue weighted by Gasteiger charge is -2.20. The number of rotatable bonds is 3. The van der Waals surface area contributed by atoms with Crippen molar-refractivity contribution in [1.29, 1.82) is 0 Å². The number of benzene rings is 7. The summed E-state index contributed by atoms with van der Waals surface area (Å²) in [5.41, 5.74) is -2.09. The summed E-state index contributed by atoms with van der Waals surface area (Å²) in [7, 11) is 0. The Labute approximate surface area is 181 Å². The molecule has 9 heteroatoms. The quantitative estimate of drug-likeness (QED) is 0.132. The first-order valence-electron chi connectivity index (χ1n) is 9.99. The number of nitro groups is 3. The van der Waals surface area contributed by atoms with Crippen molar-refractivity contribution in [2.24, 2.45) is 0 Å². The average molecular weight is 435 g/mol. The maximum Gasteiger partial charge on any atom is 0.361 e. The molecule has 0 saturated carbocycles. The van der Waals surface area contributed by atoms with Crippen LogP contribution < -0.4 is 0 Å². The summed E-state index contributed by atoms with van der Waals surface area (Å²) < 4.78 is 0. The van der Waals surface area contributed by atoms with Gasteiger partial charge in [-0.1, -0.05) is 42.5 Å². The minimum atomic E-state index is -0.878. The van der Waals surface area contributed by atoms with Crippen molar-refractivity contribution in [3.05, 3.63) is 84.9 Å². The molecule has 0 heterocycles. The third kappa shape index (κ3) is 1.88. The second-order valence-electron chi connectivity index (χ2n) is 8.19. The van der Waals surface area contributed by atoms with Gasteiger partial charge in [0.2, 0.25) is 0 Å². The molecule has 7 aromatic rings. The summed E-state index contributed by atoms with van der Waals surface area (Å²) in [5.74, 6) is 0. The van der Waals surface area contributed by atoms with E-state index >= 15 is 0 Å². The lowest BCUT2D eigenvalue weighted by molar-refractivity contribution is -0.420. The van der Waals surface area contributed by atoms with Crippen molar-refractivity contribution in [2.75, 3.05) is 0 Å². The molecule has 0 spiro atoms. The Bertz CT molecular complexity index is 2010. The fourth-order valence-corrected chi connectivity index (χ4v) is 5.63. The predicted octanol–water partition coefficient (Wildman–Crippen LogP) is 6.64. The summed E-state index contributed by atoms with van der Waals surface area (Å²) >= 11 is 0. The van der Waals surface area contributed by atoms with Crippen LogP contribution in [0.15, 0.2) is 54.6 Å². The van der Waals surface area contributed by atoms with E-state index in [0.29, 0.717) is 21.5 Å². The van der Waals surface area contributed by atoms with E-state index in [1.165, 1.54) is 12.1 Å². The first kappa shape index (κ1) is 17.7. The van der Waals surface area contributed by atoms with Gasteiger partial charge in [-0.05, 0) is 49.2 Å². The van der Waals surface area contributed by atoms with Crippen LogP contribution >= 0.6 is 0 Å². The third-order valence-corrected chi connectivity index (χ3v) is 6.76. The molecule has 7 aromatic carbocycles. The number of nitro benzene ring substituents is 3. The van der Waals surface area contributed by atoms with Crippen LogP contribution in [0.4, 0.5) is 17.1 Å². The van der Waals surface area contributed by atoms with Gasteiger partial charge in [0.05, 0.1) is 20.2 Å². The summed E-state index contributed by atoms with van der Waals surface area (Å²) in [6.07, 6.45) is 0. The molecule has 0 unspecified atom stereocenters. The standard InChI is InChI=1S/C24H9N3O6/c28-25(29)15-9-13-6-5-11-2-1-10-3-4-12-7-8-14-20-18(12)16(10)17(11)19(13)22(20)21(15)24(27(32)33)23(14)26(30)31/h1-9H. The highest BCUT2D eigenvalue weighted by Crippen LogP contribution is 2.55. The van der Waals surface area contributed by atoms with Gasteiger partial charge in [-0.25, -0.2) is 0 Å². The van der Waals surface area contributed by atoms with E-state index in [0.717, 1.165) is 32.3 Å². The van der Waals surface area contributed by atoms with Crippen molar-refractivity contribution in [1.82, 2.24) is 0 Å². The lowest BCUT2D eigenvalue weighted by atomic mass is 9.81. The average Bonchev–Trinajstić information content (AvgIpc) is 2.80. The minimum Gasteiger partial charge on any atom is -0.258 e. The molecule has 7 rings (SSSR count). The fourth-order valence-electron chi connectivity index (χ4n) is 5.63. The van der Waals surface area contributed by atoms with Crippen LogP contribution in [0.3, 0.4) is 0 Å². The first-order valence-corrected chi connectivity index (χ1v) is 9.99. The van der Waals surface area contributed by atoms with Gasteiger partial charge in [0.15, 0.2) is 0 Å². The van der Waals surface area contributed by atoms with E-state index in [1.807, 2.05) is 30.3 Å². The molecule has 0 bridgehead atoms. The van der Waals surface area contributed by atoms with E-state index in [1.54, 1.807) is 12.1 Å². The highest BCUT2D eigenvalue weighted by atomic mass is 16.6. The van der Waals surface area contributed by atoms with Crippen LogP contribution in [0.2, 0.25) is 0 Å². The molecule has 9 nitrogen and oxygen atoms in total. The first-order chi connectivity index (χ1) is 15.9. The molecule has 0 fully saturated rings. The van der Waals surface area contributed by atoms with E-state index < -0.39 is 31.8 Å². The summed E-state index contributed by atoms with van der Waals surface area (Å²) in [5, 5.41) is 43.2. The zero-order chi connectivity index (χ0) is 22.8. The zero-order valence-corrected chi connectivity index (χ0v) is 16.5. The smallest absolute Gasteiger partial charge is 0.258 e. The van der Waals surface area contributed by atoms with E-state index in [-0.39, 0.29) is 10.8 Å². The van der Waals surface area contributed by atoms with Crippen molar-refractivity contribution in [3.63, 3.8) is 0 Å². The molecule has 156 valence electrons. The van der Waals surface area contributed by atoms with Gasteiger partial charge < -0.3 is 0 Å². The second kappa shape index (κ2) is 5.46. The van der Waals surface area contributed by atoms with Gasteiger partial charge in [-0.2, -0.15) is 0 Å². The Hall–Kier alpha value is -4.92. The highest BCUT2D eigenvalue weighted by Gasteiger charge is 2.39. The van der Waals surface area contributed by atoms with Crippen molar-refractivity contribution in [2.45, 2.75) is 0 Å². The number of hydrogen-bond donors (Lipinski definition) is 0. The second-order valence-corrected chi connectivity index (χ2v) is 8.19. The molecular formula is C24H9N3O6. The molecular weight excluding hydrogens is 426 g/mol. The van der Waals surface area contributed by atoms with Gasteiger partial charge in [0.25, 0.3) is 5.69 Å². The van der Waals surface area contributed by atoms with Crippen molar-refractivity contribution < 1.29 is 14.8 Å². The maximum absolute atomic E-state index is 12.2. The molecule has 0 saturated heterocycles. The van der Waals surface area contributed by atoms with Crippen molar-refractivity contribution >= 4 is 81.7 Å². The van der Waals surface area contributed by atoms with E-state index in [4.69, 9.17) is 0 Å². The summed E-state index contributed by atoms with van der Waals surface area (Å²) in [4.78, 5) is 34.0. The molecule has 0 aliphatic rings. The van der Waals surface area contributed by atoms with E-state index in [2.05, 4.69) is 0 Å². The molecule has 0 aliphatic carbocycles. The van der Waals surface area contributed by atoms with Gasteiger partial charge in [-0.15, -0.1) is 0 Å². The molecule has 0 amide bonds. The number of non-ortho nitro benzene ring substituents is 1. The number of nitrogens with zero attached hydrogens (tertiary/aromatic N) is 3. The largest absolute Gasteiger partial charge is 0.361 e. The normalized spacial score (nSPS) is 12.4. The van der Waals surface area contributed by atoms with Gasteiger partial charge in [-0.3, -0.25) is 30.3 Å². The molecule has 33 heavy (non-hydrogen) atoms. The van der Waals surface area contributed by atoms with Gasteiger partial charge in [0.1, 0.15) is 5.39 Å². The van der Waals surface area contributed by atoms with Gasteiger partial charge >= 0.3 is 11.4 Å². The predicted molar refractivity (Wildman–Crippen MR) is 125 cm³/mol. The SMILES string of the molecule is O=[N+]([O-])c1c([N+](=O)[O-])c2c([N+](=O)[O-])cc3ccc4ccc5ccc6ccc1c1c6c5c4c3c21. The summed E-state index contributed by atoms with van der Waals surface area (Å²) in [6, 6.07) is 15.9. The van der Waals surface area contributed by atoms with Gasteiger partial charge in [0, 0.05) is 16.8 Å². The summed E-state index contributed by atoms with van der Waals surface area (Å²) in [6.45, 7) is 0. The highest BCUT2D eigenvalue weighted by molar-refractivity contribution is 6.46. The molecule has 0 radical (unpaired) electrons. The Morgan fingerprint density at radius 1 is 0.455 bits per heavy atom. The van der Waals surface area contributed by atoms with Crippen LogP contribution in [0, 0.1) is 30.3 Å². The molecule has 0 atom stereocenters. The fraction of sp³-hybridized carbons (Fsp3) is 0. The van der Waals surface area contributed by atoms with Crippen LogP contribution in [0.5, 0.6) is 0 Å². The van der Waals surface area contributed by atoms with Crippen LogP contribution in [-0.2, 0) is 0 Å². The minimum absolute atomic E-state index is 0.104. The van der Waals surface area contributed by atoms with Crippen molar-refractivity contribution in [3.8, 4) is 0 Å². The Morgan fingerprint density at radius 2 is 0.909 bits per heavy atom. The Balaban J connectivity index is 2.03. The Kier molecular flexibility index (Phi) is 2.93.